The Balaban J connectivity index is 1.59. The molecular weight excluding hydrogens is 440 g/mol. The highest BCUT2D eigenvalue weighted by atomic mass is 32.2. The Morgan fingerprint density at radius 3 is 2.47 bits per heavy atom. The first-order chi connectivity index (χ1) is 15.2. The number of aryl methyl sites for hydroxylation is 1. The van der Waals surface area contributed by atoms with Gasteiger partial charge in [0.2, 0.25) is 10.0 Å². The van der Waals surface area contributed by atoms with E-state index < -0.39 is 33.5 Å². The van der Waals surface area contributed by atoms with Gasteiger partial charge in [-0.3, -0.25) is 9.59 Å². The van der Waals surface area contributed by atoms with Crippen LogP contribution >= 0.6 is 0 Å². The van der Waals surface area contributed by atoms with Crippen molar-refractivity contribution in [1.29, 1.82) is 0 Å². The van der Waals surface area contributed by atoms with Crippen LogP contribution in [0.2, 0.25) is 0 Å². The number of carbonyl (C=O) groups excluding carboxylic acids is 2. The molecule has 1 fully saturated rings. The lowest BCUT2D eigenvalue weighted by atomic mass is 10.0. The molecule has 1 heterocycles. The van der Waals surface area contributed by atoms with E-state index in [1.165, 1.54) is 35.5 Å². The van der Waals surface area contributed by atoms with Gasteiger partial charge in [0, 0.05) is 24.8 Å². The van der Waals surface area contributed by atoms with Gasteiger partial charge in [0.1, 0.15) is 11.6 Å². The maximum atomic E-state index is 13.6. The molecule has 172 valence electrons. The third-order valence-corrected chi connectivity index (χ3v) is 7.33. The van der Waals surface area contributed by atoms with Gasteiger partial charge in [-0.2, -0.15) is 4.31 Å². The number of piperidine rings is 1. The van der Waals surface area contributed by atoms with Crippen molar-refractivity contribution in [3.63, 3.8) is 0 Å². The van der Waals surface area contributed by atoms with Crippen LogP contribution in [-0.4, -0.2) is 43.7 Å². The number of anilines is 1. The molecule has 3 rings (SSSR count). The van der Waals surface area contributed by atoms with E-state index in [0.717, 1.165) is 24.6 Å². The van der Waals surface area contributed by atoms with Gasteiger partial charge in [0.05, 0.1) is 4.90 Å². The highest BCUT2D eigenvalue weighted by molar-refractivity contribution is 7.89. The maximum absolute atomic E-state index is 13.6. The first-order valence-electron chi connectivity index (χ1n) is 10.3. The number of nitrogens with zero attached hydrogens (tertiary/aromatic N) is 1. The lowest BCUT2D eigenvalue weighted by Crippen LogP contribution is -2.45. The number of halogens is 2. The minimum atomic E-state index is -3.82. The van der Waals surface area contributed by atoms with Crippen LogP contribution in [0, 0.1) is 18.6 Å². The molecule has 2 aromatic carbocycles. The molecule has 0 saturated carbocycles. The number of amides is 2. The third kappa shape index (κ3) is 5.68. The number of hydrogen-bond donors (Lipinski definition) is 2. The van der Waals surface area contributed by atoms with E-state index in [2.05, 4.69) is 10.6 Å². The molecule has 0 spiro atoms. The van der Waals surface area contributed by atoms with Crippen molar-refractivity contribution >= 4 is 27.5 Å². The monoisotopic (exact) mass is 465 g/mol. The molecule has 0 aromatic heterocycles. The molecule has 0 bridgehead atoms. The Morgan fingerprint density at radius 1 is 1.06 bits per heavy atom. The molecule has 0 radical (unpaired) electrons. The van der Waals surface area contributed by atoms with Crippen molar-refractivity contribution < 1.29 is 26.8 Å². The van der Waals surface area contributed by atoms with E-state index in [9.17, 15) is 26.8 Å². The second-order valence-corrected chi connectivity index (χ2v) is 9.57. The molecule has 0 aliphatic carbocycles. The molecule has 2 N–H and O–H groups in total. The van der Waals surface area contributed by atoms with Gasteiger partial charge in [-0.1, -0.05) is 6.42 Å². The van der Waals surface area contributed by atoms with Crippen LogP contribution in [-0.2, 0) is 19.6 Å². The van der Waals surface area contributed by atoms with Crippen molar-refractivity contribution in [3.05, 3.63) is 59.7 Å². The van der Waals surface area contributed by atoms with Crippen molar-refractivity contribution in [3.8, 4) is 0 Å². The molecule has 1 aliphatic rings. The van der Waals surface area contributed by atoms with Gasteiger partial charge in [0.25, 0.3) is 0 Å². The predicted octanol–water partition coefficient (Wildman–Crippen LogP) is 2.96. The minimum absolute atomic E-state index is 0.0333. The van der Waals surface area contributed by atoms with Gasteiger partial charge in [-0.15, -0.1) is 0 Å². The van der Waals surface area contributed by atoms with Crippen molar-refractivity contribution in [2.24, 2.45) is 0 Å². The van der Waals surface area contributed by atoms with Crippen LogP contribution in [0.3, 0.4) is 0 Å². The number of carbonyl (C=O) groups is 2. The predicted molar refractivity (Wildman–Crippen MR) is 115 cm³/mol. The summed E-state index contributed by atoms with van der Waals surface area (Å²) >= 11 is 0. The van der Waals surface area contributed by atoms with Crippen molar-refractivity contribution in [1.82, 2.24) is 9.62 Å². The van der Waals surface area contributed by atoms with E-state index in [1.54, 1.807) is 0 Å². The summed E-state index contributed by atoms with van der Waals surface area (Å²) in [7, 11) is -3.82. The van der Waals surface area contributed by atoms with E-state index >= 15 is 0 Å². The Hall–Kier alpha value is -2.85. The van der Waals surface area contributed by atoms with Crippen molar-refractivity contribution in [2.45, 2.75) is 43.5 Å². The summed E-state index contributed by atoms with van der Waals surface area (Å²) in [6, 6.07) is 8.36. The number of hydrogen-bond acceptors (Lipinski definition) is 4. The number of benzene rings is 2. The van der Waals surface area contributed by atoms with Gasteiger partial charge in [0.15, 0.2) is 0 Å². The fourth-order valence-corrected chi connectivity index (χ4v) is 5.45. The average Bonchev–Trinajstić information content (AvgIpc) is 2.77. The summed E-state index contributed by atoms with van der Waals surface area (Å²) in [5.74, 6) is -2.70. The lowest BCUT2D eigenvalue weighted by molar-refractivity contribution is -0.136. The molecule has 32 heavy (non-hydrogen) atoms. The van der Waals surface area contributed by atoms with Crippen LogP contribution in [0.1, 0.15) is 31.2 Å². The molecule has 1 aliphatic heterocycles. The zero-order valence-electron chi connectivity index (χ0n) is 17.6. The molecule has 10 heteroatoms. The zero-order chi connectivity index (χ0) is 23.3. The molecule has 1 atom stereocenters. The molecule has 2 aromatic rings. The van der Waals surface area contributed by atoms with Crippen LogP contribution in [0.5, 0.6) is 0 Å². The largest absolute Gasteiger partial charge is 0.348 e. The van der Waals surface area contributed by atoms with Crippen LogP contribution in [0.15, 0.2) is 47.4 Å². The van der Waals surface area contributed by atoms with E-state index in [-0.39, 0.29) is 28.7 Å². The molecule has 2 amide bonds. The highest BCUT2D eigenvalue weighted by Crippen LogP contribution is 2.27. The Labute approximate surface area is 185 Å². The first-order valence-corrected chi connectivity index (χ1v) is 11.8. The summed E-state index contributed by atoms with van der Waals surface area (Å²) in [5, 5.41) is 4.86. The van der Waals surface area contributed by atoms with Gasteiger partial charge in [-0.05, 0) is 74.2 Å². The van der Waals surface area contributed by atoms with E-state index in [1.807, 2.05) is 0 Å². The summed E-state index contributed by atoms with van der Waals surface area (Å²) in [5.41, 5.74) is 0.532. The molecular formula is C22H25F2N3O4S. The Morgan fingerprint density at radius 2 is 1.78 bits per heavy atom. The second kappa shape index (κ2) is 10.2. The number of rotatable bonds is 6. The fraction of sp³-hybridized carbons (Fsp3) is 0.364. The Kier molecular flexibility index (Phi) is 7.57. The topological polar surface area (TPSA) is 95.6 Å². The van der Waals surface area contributed by atoms with E-state index in [0.29, 0.717) is 25.8 Å². The maximum Gasteiger partial charge on any atom is 0.313 e. The molecule has 7 nitrogen and oxygen atoms in total. The van der Waals surface area contributed by atoms with Crippen LogP contribution < -0.4 is 10.6 Å². The average molecular weight is 466 g/mol. The summed E-state index contributed by atoms with van der Waals surface area (Å²) in [6.07, 6.45) is 2.51. The van der Waals surface area contributed by atoms with Gasteiger partial charge in [-0.25, -0.2) is 17.2 Å². The third-order valence-electron chi connectivity index (χ3n) is 5.38. The molecule has 1 saturated heterocycles. The minimum Gasteiger partial charge on any atom is -0.348 e. The molecule has 1 unspecified atom stereocenters. The lowest BCUT2D eigenvalue weighted by Gasteiger charge is -2.34. The van der Waals surface area contributed by atoms with Crippen LogP contribution in [0.4, 0.5) is 14.5 Å². The summed E-state index contributed by atoms with van der Waals surface area (Å²) in [4.78, 5) is 24.1. The first kappa shape index (κ1) is 23.8. The van der Waals surface area contributed by atoms with Gasteiger partial charge < -0.3 is 10.6 Å². The smallest absolute Gasteiger partial charge is 0.313 e. The van der Waals surface area contributed by atoms with E-state index in [4.69, 9.17) is 0 Å². The standard InChI is InChI=1S/C22H25F2N3O4S/c1-15-14-19(9-10-20(15)24)32(30,31)27-13-3-2-4-18(27)11-12-25-21(28)22(29)26-17-7-5-16(23)6-8-17/h5-10,14,18H,2-4,11-13H2,1H3,(H,25,28)(H,26,29). The van der Waals surface area contributed by atoms with Gasteiger partial charge >= 0.3 is 11.8 Å². The SMILES string of the molecule is Cc1cc(S(=O)(=O)N2CCCCC2CCNC(=O)C(=O)Nc2ccc(F)cc2)ccc1F. The number of nitrogens with one attached hydrogen (secondary N) is 2. The summed E-state index contributed by atoms with van der Waals surface area (Å²) < 4.78 is 54.1. The fourth-order valence-electron chi connectivity index (χ4n) is 3.65. The number of sulfonamides is 1. The van der Waals surface area contributed by atoms with Crippen molar-refractivity contribution in [2.75, 3.05) is 18.4 Å². The zero-order valence-corrected chi connectivity index (χ0v) is 18.4. The second-order valence-electron chi connectivity index (χ2n) is 7.68. The highest BCUT2D eigenvalue weighted by Gasteiger charge is 2.33. The Bertz CT molecular complexity index is 1090. The quantitative estimate of drug-likeness (QED) is 0.642. The van der Waals surface area contributed by atoms with Crippen LogP contribution in [0.25, 0.3) is 0 Å². The summed E-state index contributed by atoms with van der Waals surface area (Å²) in [6.45, 7) is 1.95. The normalized spacial score (nSPS) is 17.0.